The minimum absolute atomic E-state index is 0.0890. The van der Waals surface area contributed by atoms with Crippen molar-refractivity contribution in [3.05, 3.63) is 106 Å². The Morgan fingerprint density at radius 2 is 1.31 bits per heavy atom. The maximum Gasteiger partial charge on any atom is 0.182 e. The van der Waals surface area contributed by atoms with Crippen LogP contribution in [0.2, 0.25) is 0 Å². The van der Waals surface area contributed by atoms with Crippen LogP contribution in [0.25, 0.3) is 0 Å². The summed E-state index contributed by atoms with van der Waals surface area (Å²) in [5, 5.41) is 0. The Hall–Kier alpha value is -3.00. The van der Waals surface area contributed by atoms with E-state index in [9.17, 15) is 9.59 Å². The van der Waals surface area contributed by atoms with E-state index >= 15 is 0 Å². The minimum Gasteiger partial charge on any atom is -0.293 e. The Labute approximate surface area is 153 Å². The number of fused-ring (bicyclic) bond motifs is 1. The SMILES string of the molecule is Cc1ccc(C2(Cc3ccccc3)C(=O)c3ccccc3C2=O)c(C)c1. The molecule has 4 rings (SSSR count). The van der Waals surface area contributed by atoms with Crippen LogP contribution in [0.1, 0.15) is 43.0 Å². The van der Waals surface area contributed by atoms with Gasteiger partial charge in [0.15, 0.2) is 11.6 Å². The number of benzene rings is 3. The topological polar surface area (TPSA) is 34.1 Å². The standard InChI is InChI=1S/C24H20O2/c1-16-12-13-21(17(2)14-16)24(15-18-8-4-3-5-9-18)22(25)19-10-6-7-11-20(19)23(24)26/h3-14H,15H2,1-2H3. The maximum absolute atomic E-state index is 13.6. The number of ketones is 2. The lowest BCUT2D eigenvalue weighted by Crippen LogP contribution is -2.41. The van der Waals surface area contributed by atoms with Crippen molar-refractivity contribution >= 4 is 11.6 Å². The first-order valence-corrected chi connectivity index (χ1v) is 8.84. The summed E-state index contributed by atoms with van der Waals surface area (Å²) >= 11 is 0. The molecule has 0 spiro atoms. The molecule has 0 heterocycles. The second-order valence-corrected chi connectivity index (χ2v) is 7.09. The van der Waals surface area contributed by atoms with Crippen LogP contribution < -0.4 is 0 Å². The number of carbonyl (C=O) groups excluding carboxylic acids is 2. The molecule has 0 unspecified atom stereocenters. The van der Waals surface area contributed by atoms with E-state index < -0.39 is 5.41 Å². The Balaban J connectivity index is 1.97. The van der Waals surface area contributed by atoms with Crippen molar-refractivity contribution in [1.29, 1.82) is 0 Å². The Kier molecular flexibility index (Phi) is 3.84. The summed E-state index contributed by atoms with van der Waals surface area (Å²) < 4.78 is 0. The van der Waals surface area contributed by atoms with E-state index in [4.69, 9.17) is 0 Å². The fourth-order valence-electron chi connectivity index (χ4n) is 4.14. The summed E-state index contributed by atoms with van der Waals surface area (Å²) in [6.07, 6.45) is 0.379. The van der Waals surface area contributed by atoms with Crippen molar-refractivity contribution in [3.8, 4) is 0 Å². The molecule has 0 amide bonds. The molecule has 0 aromatic heterocycles. The predicted octanol–water partition coefficient (Wildman–Crippen LogP) is 4.86. The largest absolute Gasteiger partial charge is 0.293 e. The number of Topliss-reactive ketones (excluding diaryl/α,β-unsaturated/α-hetero) is 2. The molecular formula is C24H20O2. The first-order chi connectivity index (χ1) is 12.5. The van der Waals surface area contributed by atoms with Gasteiger partial charge in [-0.3, -0.25) is 9.59 Å². The van der Waals surface area contributed by atoms with Gasteiger partial charge in [0.2, 0.25) is 0 Å². The highest BCUT2D eigenvalue weighted by atomic mass is 16.2. The summed E-state index contributed by atoms with van der Waals surface area (Å²) in [7, 11) is 0. The summed E-state index contributed by atoms with van der Waals surface area (Å²) in [6.45, 7) is 4.01. The van der Waals surface area contributed by atoms with Gasteiger partial charge in [0.05, 0.1) is 0 Å². The smallest absolute Gasteiger partial charge is 0.182 e. The van der Waals surface area contributed by atoms with Crippen molar-refractivity contribution in [3.63, 3.8) is 0 Å². The summed E-state index contributed by atoms with van der Waals surface area (Å²) in [6, 6.07) is 23.0. The molecule has 0 saturated heterocycles. The molecule has 128 valence electrons. The molecule has 1 aliphatic rings. The van der Waals surface area contributed by atoms with Crippen molar-refractivity contribution < 1.29 is 9.59 Å². The molecule has 0 atom stereocenters. The predicted molar refractivity (Wildman–Crippen MR) is 103 cm³/mol. The molecule has 26 heavy (non-hydrogen) atoms. The van der Waals surface area contributed by atoms with E-state index in [1.165, 1.54) is 0 Å². The van der Waals surface area contributed by atoms with Crippen LogP contribution >= 0.6 is 0 Å². The number of hydrogen-bond acceptors (Lipinski definition) is 2. The van der Waals surface area contributed by atoms with Gasteiger partial charge < -0.3 is 0 Å². The lowest BCUT2D eigenvalue weighted by Gasteiger charge is -2.28. The van der Waals surface area contributed by atoms with E-state index in [1.54, 1.807) is 12.1 Å². The van der Waals surface area contributed by atoms with Gasteiger partial charge in [0.1, 0.15) is 5.41 Å². The van der Waals surface area contributed by atoms with Crippen LogP contribution in [0.3, 0.4) is 0 Å². The third-order valence-corrected chi connectivity index (χ3v) is 5.35. The van der Waals surface area contributed by atoms with E-state index in [0.717, 1.165) is 22.3 Å². The quantitative estimate of drug-likeness (QED) is 0.638. The molecule has 0 saturated carbocycles. The second kappa shape index (κ2) is 6.06. The molecule has 0 fully saturated rings. The first kappa shape index (κ1) is 16.5. The van der Waals surface area contributed by atoms with Gasteiger partial charge in [0, 0.05) is 11.1 Å². The van der Waals surface area contributed by atoms with Crippen LogP contribution in [-0.2, 0) is 11.8 Å². The number of aryl methyl sites for hydroxylation is 2. The average Bonchev–Trinajstić information content (AvgIpc) is 2.86. The van der Waals surface area contributed by atoms with Crippen molar-refractivity contribution in [2.75, 3.05) is 0 Å². The highest BCUT2D eigenvalue weighted by Gasteiger charge is 2.54. The highest BCUT2D eigenvalue weighted by molar-refractivity contribution is 6.33. The Bertz CT molecular complexity index is 980. The first-order valence-electron chi connectivity index (χ1n) is 8.84. The van der Waals surface area contributed by atoms with Gasteiger partial charge in [-0.1, -0.05) is 78.4 Å². The fraction of sp³-hybridized carbons (Fsp3) is 0.167. The molecule has 3 aromatic rings. The van der Waals surface area contributed by atoms with Gasteiger partial charge in [-0.05, 0) is 37.0 Å². The molecule has 0 aliphatic heterocycles. The monoisotopic (exact) mass is 340 g/mol. The normalized spacial score (nSPS) is 15.2. The Morgan fingerprint density at radius 1 is 0.731 bits per heavy atom. The van der Waals surface area contributed by atoms with Gasteiger partial charge in [0.25, 0.3) is 0 Å². The third-order valence-electron chi connectivity index (χ3n) is 5.35. The Morgan fingerprint density at radius 3 is 1.88 bits per heavy atom. The highest BCUT2D eigenvalue weighted by Crippen LogP contribution is 2.43. The van der Waals surface area contributed by atoms with Gasteiger partial charge in [-0.25, -0.2) is 0 Å². The van der Waals surface area contributed by atoms with E-state index in [0.29, 0.717) is 17.5 Å². The van der Waals surface area contributed by atoms with Gasteiger partial charge in [-0.15, -0.1) is 0 Å². The molecule has 0 N–H and O–H groups in total. The van der Waals surface area contributed by atoms with Crippen molar-refractivity contribution in [1.82, 2.24) is 0 Å². The summed E-state index contributed by atoms with van der Waals surface area (Å²) in [4.78, 5) is 27.1. The molecule has 0 bridgehead atoms. The number of hydrogen-bond donors (Lipinski definition) is 0. The molecule has 0 radical (unpaired) electrons. The zero-order valence-electron chi connectivity index (χ0n) is 15.0. The van der Waals surface area contributed by atoms with Gasteiger partial charge >= 0.3 is 0 Å². The van der Waals surface area contributed by atoms with Crippen LogP contribution in [0, 0.1) is 13.8 Å². The molecular weight excluding hydrogens is 320 g/mol. The van der Waals surface area contributed by atoms with E-state index in [1.807, 2.05) is 74.5 Å². The fourth-order valence-corrected chi connectivity index (χ4v) is 4.14. The zero-order chi connectivity index (χ0) is 18.3. The van der Waals surface area contributed by atoms with Crippen LogP contribution in [0.15, 0.2) is 72.8 Å². The third kappa shape index (κ3) is 2.33. The molecule has 2 nitrogen and oxygen atoms in total. The van der Waals surface area contributed by atoms with Gasteiger partial charge in [-0.2, -0.15) is 0 Å². The maximum atomic E-state index is 13.6. The average molecular weight is 340 g/mol. The van der Waals surface area contributed by atoms with E-state index in [-0.39, 0.29) is 11.6 Å². The molecule has 2 heteroatoms. The number of carbonyl (C=O) groups is 2. The van der Waals surface area contributed by atoms with Crippen LogP contribution in [0.4, 0.5) is 0 Å². The molecule has 3 aromatic carbocycles. The lowest BCUT2D eigenvalue weighted by molar-refractivity contribution is 0.0792. The van der Waals surface area contributed by atoms with Crippen molar-refractivity contribution in [2.24, 2.45) is 0 Å². The lowest BCUT2D eigenvalue weighted by atomic mass is 9.70. The second-order valence-electron chi connectivity index (χ2n) is 7.09. The molecule has 1 aliphatic carbocycles. The van der Waals surface area contributed by atoms with Crippen LogP contribution in [0.5, 0.6) is 0 Å². The summed E-state index contributed by atoms with van der Waals surface area (Å²) in [5.74, 6) is -0.178. The van der Waals surface area contributed by atoms with Crippen molar-refractivity contribution in [2.45, 2.75) is 25.7 Å². The number of rotatable bonds is 3. The minimum atomic E-state index is -1.18. The van der Waals surface area contributed by atoms with E-state index in [2.05, 4.69) is 0 Å². The summed E-state index contributed by atoms with van der Waals surface area (Å²) in [5.41, 5.74) is 3.80. The van der Waals surface area contributed by atoms with Crippen LogP contribution in [-0.4, -0.2) is 11.6 Å². The zero-order valence-corrected chi connectivity index (χ0v) is 15.0.